The summed E-state index contributed by atoms with van der Waals surface area (Å²) in [6, 6.07) is 18.7. The zero-order chi connectivity index (χ0) is 18.5. The number of carbonyl (C=O) groups excluding carboxylic acids is 1. The Kier molecular flexibility index (Phi) is 5.32. The van der Waals surface area contributed by atoms with Crippen LogP contribution in [-0.2, 0) is 13.0 Å². The maximum atomic E-state index is 12.6. The topological polar surface area (TPSA) is 51.1 Å². The minimum atomic E-state index is -0.219. The molecule has 1 heterocycles. The Morgan fingerprint density at radius 2 is 1.85 bits per heavy atom. The van der Waals surface area contributed by atoms with Crippen LogP contribution in [-0.4, -0.2) is 10.5 Å². The second-order valence-corrected chi connectivity index (χ2v) is 6.34. The molecular formula is C22H22N2O2. The molecule has 0 aliphatic heterocycles. The number of aromatic nitrogens is 1. The molecule has 1 aromatic heterocycles. The van der Waals surface area contributed by atoms with E-state index < -0.39 is 0 Å². The molecule has 0 atom stereocenters. The van der Waals surface area contributed by atoms with E-state index in [4.69, 9.17) is 0 Å². The van der Waals surface area contributed by atoms with Crippen LogP contribution in [0.1, 0.15) is 34.0 Å². The van der Waals surface area contributed by atoms with Crippen molar-refractivity contribution in [2.45, 2.75) is 26.8 Å². The Hall–Kier alpha value is -3.14. The van der Waals surface area contributed by atoms with Gasteiger partial charge in [-0.15, -0.1) is 0 Å². The number of carbonyl (C=O) groups is 1. The third-order valence-corrected chi connectivity index (χ3v) is 4.33. The van der Waals surface area contributed by atoms with Crippen LogP contribution < -0.4 is 10.9 Å². The number of anilines is 1. The van der Waals surface area contributed by atoms with Crippen LogP contribution >= 0.6 is 0 Å². The van der Waals surface area contributed by atoms with E-state index in [2.05, 4.69) is 5.32 Å². The molecule has 1 amide bonds. The van der Waals surface area contributed by atoms with Gasteiger partial charge >= 0.3 is 0 Å². The molecule has 0 radical (unpaired) electrons. The summed E-state index contributed by atoms with van der Waals surface area (Å²) in [7, 11) is 0. The van der Waals surface area contributed by atoms with Crippen LogP contribution in [0, 0.1) is 6.92 Å². The Labute approximate surface area is 153 Å². The fourth-order valence-electron chi connectivity index (χ4n) is 2.94. The van der Waals surface area contributed by atoms with Crippen LogP contribution in [0.25, 0.3) is 0 Å². The van der Waals surface area contributed by atoms with Crippen molar-refractivity contribution in [2.24, 2.45) is 0 Å². The van der Waals surface area contributed by atoms with Crippen LogP contribution in [0.2, 0.25) is 0 Å². The summed E-state index contributed by atoms with van der Waals surface area (Å²) in [6.07, 6.45) is 2.46. The number of benzene rings is 2. The Morgan fingerprint density at radius 1 is 1.04 bits per heavy atom. The van der Waals surface area contributed by atoms with Crippen molar-refractivity contribution < 1.29 is 4.79 Å². The molecule has 0 aliphatic carbocycles. The largest absolute Gasteiger partial charge is 0.322 e. The van der Waals surface area contributed by atoms with Gasteiger partial charge in [-0.05, 0) is 36.6 Å². The van der Waals surface area contributed by atoms with Crippen LogP contribution in [0.4, 0.5) is 5.69 Å². The maximum Gasteiger partial charge on any atom is 0.257 e. The van der Waals surface area contributed by atoms with Gasteiger partial charge in [0.2, 0.25) is 0 Å². The molecule has 0 fully saturated rings. The van der Waals surface area contributed by atoms with E-state index in [1.54, 1.807) is 16.8 Å². The lowest BCUT2D eigenvalue weighted by Crippen LogP contribution is -2.22. The molecule has 3 aromatic rings. The fraction of sp³-hybridized carbons (Fsp3) is 0.182. The smallest absolute Gasteiger partial charge is 0.257 e. The number of pyridine rings is 1. The van der Waals surface area contributed by atoms with Gasteiger partial charge in [-0.3, -0.25) is 9.59 Å². The van der Waals surface area contributed by atoms with Crippen LogP contribution in [0.3, 0.4) is 0 Å². The minimum absolute atomic E-state index is 0.128. The first kappa shape index (κ1) is 17.7. The Morgan fingerprint density at radius 3 is 2.62 bits per heavy atom. The van der Waals surface area contributed by atoms with Gasteiger partial charge in [0, 0.05) is 18.0 Å². The number of aryl methyl sites for hydroxylation is 2. The van der Waals surface area contributed by atoms with Gasteiger partial charge in [0.15, 0.2) is 0 Å². The van der Waals surface area contributed by atoms with E-state index in [0.717, 1.165) is 28.8 Å². The highest BCUT2D eigenvalue weighted by Crippen LogP contribution is 2.16. The first-order valence-corrected chi connectivity index (χ1v) is 8.72. The summed E-state index contributed by atoms with van der Waals surface area (Å²) < 4.78 is 1.56. The monoisotopic (exact) mass is 346 g/mol. The van der Waals surface area contributed by atoms with Crippen molar-refractivity contribution in [1.29, 1.82) is 0 Å². The molecule has 0 bridgehead atoms. The van der Waals surface area contributed by atoms with Crippen molar-refractivity contribution in [3.8, 4) is 0 Å². The zero-order valence-electron chi connectivity index (χ0n) is 15.0. The number of nitrogens with zero attached hydrogens (tertiary/aromatic N) is 1. The van der Waals surface area contributed by atoms with Crippen molar-refractivity contribution in [2.75, 3.05) is 5.32 Å². The van der Waals surface area contributed by atoms with Crippen molar-refractivity contribution in [3.05, 3.63) is 99.5 Å². The lowest BCUT2D eigenvalue weighted by molar-refractivity contribution is 0.102. The van der Waals surface area contributed by atoms with E-state index in [1.165, 1.54) is 6.07 Å². The molecule has 0 spiro atoms. The van der Waals surface area contributed by atoms with E-state index in [-0.39, 0.29) is 11.5 Å². The number of hydrogen-bond donors (Lipinski definition) is 1. The summed E-state index contributed by atoms with van der Waals surface area (Å²) in [6.45, 7) is 4.50. The van der Waals surface area contributed by atoms with E-state index in [1.807, 2.05) is 62.4 Å². The van der Waals surface area contributed by atoms with E-state index >= 15 is 0 Å². The summed E-state index contributed by atoms with van der Waals surface area (Å²) in [5, 5.41) is 2.94. The SMILES string of the molecule is CCc1ccccc1NC(=O)c1ccc(=O)n(Cc2cccc(C)c2)c1. The summed E-state index contributed by atoms with van der Waals surface area (Å²) in [5.74, 6) is -0.219. The third-order valence-electron chi connectivity index (χ3n) is 4.33. The first-order valence-electron chi connectivity index (χ1n) is 8.72. The first-order chi connectivity index (χ1) is 12.6. The number of hydrogen-bond acceptors (Lipinski definition) is 2. The number of rotatable bonds is 5. The number of amides is 1. The molecule has 4 heteroatoms. The quantitative estimate of drug-likeness (QED) is 0.758. The average molecular weight is 346 g/mol. The van der Waals surface area contributed by atoms with Gasteiger partial charge in [-0.25, -0.2) is 0 Å². The molecule has 132 valence electrons. The van der Waals surface area contributed by atoms with Gasteiger partial charge in [0.1, 0.15) is 0 Å². The molecule has 3 rings (SSSR count). The highest BCUT2D eigenvalue weighted by molar-refractivity contribution is 6.04. The standard InChI is InChI=1S/C22H22N2O2/c1-3-18-9-4-5-10-20(18)23-22(26)19-11-12-21(25)24(15-19)14-17-8-6-7-16(2)13-17/h4-13,15H,3,14H2,1-2H3,(H,23,26). The molecule has 1 N–H and O–H groups in total. The molecule has 2 aromatic carbocycles. The second kappa shape index (κ2) is 7.83. The fourth-order valence-corrected chi connectivity index (χ4v) is 2.94. The molecule has 4 nitrogen and oxygen atoms in total. The maximum absolute atomic E-state index is 12.6. The van der Waals surface area contributed by atoms with Gasteiger partial charge in [-0.1, -0.05) is 55.0 Å². The predicted molar refractivity (Wildman–Crippen MR) is 105 cm³/mol. The van der Waals surface area contributed by atoms with Gasteiger partial charge in [-0.2, -0.15) is 0 Å². The summed E-state index contributed by atoms with van der Waals surface area (Å²) >= 11 is 0. The molecule has 0 aliphatic rings. The lowest BCUT2D eigenvalue weighted by Gasteiger charge is -2.11. The Balaban J connectivity index is 1.84. The van der Waals surface area contributed by atoms with Crippen molar-refractivity contribution >= 4 is 11.6 Å². The zero-order valence-corrected chi connectivity index (χ0v) is 15.0. The van der Waals surface area contributed by atoms with Gasteiger partial charge in [0.05, 0.1) is 12.1 Å². The van der Waals surface area contributed by atoms with Crippen molar-refractivity contribution in [1.82, 2.24) is 4.57 Å². The summed E-state index contributed by atoms with van der Waals surface area (Å²) in [5.41, 5.74) is 4.38. The van der Waals surface area contributed by atoms with Crippen LogP contribution in [0.15, 0.2) is 71.7 Å². The molecule has 0 unspecified atom stereocenters. The molecule has 0 saturated carbocycles. The minimum Gasteiger partial charge on any atom is -0.322 e. The number of nitrogens with one attached hydrogen (secondary N) is 1. The van der Waals surface area contributed by atoms with Gasteiger partial charge < -0.3 is 9.88 Å². The van der Waals surface area contributed by atoms with Crippen LogP contribution in [0.5, 0.6) is 0 Å². The highest BCUT2D eigenvalue weighted by atomic mass is 16.2. The lowest BCUT2D eigenvalue weighted by atomic mass is 10.1. The predicted octanol–water partition coefficient (Wildman–Crippen LogP) is 4.02. The Bertz CT molecular complexity index is 989. The van der Waals surface area contributed by atoms with Crippen molar-refractivity contribution in [3.63, 3.8) is 0 Å². The van der Waals surface area contributed by atoms with E-state index in [9.17, 15) is 9.59 Å². The molecular weight excluding hydrogens is 324 g/mol. The average Bonchev–Trinajstić information content (AvgIpc) is 2.64. The number of para-hydroxylation sites is 1. The summed E-state index contributed by atoms with van der Waals surface area (Å²) in [4.78, 5) is 24.8. The van der Waals surface area contributed by atoms with E-state index in [0.29, 0.717) is 12.1 Å². The molecule has 0 saturated heterocycles. The second-order valence-electron chi connectivity index (χ2n) is 6.34. The highest BCUT2D eigenvalue weighted by Gasteiger charge is 2.10. The van der Waals surface area contributed by atoms with Gasteiger partial charge in [0.25, 0.3) is 11.5 Å². The normalized spacial score (nSPS) is 10.5. The molecule has 26 heavy (non-hydrogen) atoms. The third kappa shape index (κ3) is 4.09.